The summed E-state index contributed by atoms with van der Waals surface area (Å²) in [5, 5.41) is 11.3. The van der Waals surface area contributed by atoms with Gasteiger partial charge in [0, 0.05) is 11.3 Å². The van der Waals surface area contributed by atoms with Gasteiger partial charge in [-0.3, -0.25) is 4.79 Å². The Hall–Kier alpha value is -2.80. The van der Waals surface area contributed by atoms with Gasteiger partial charge in [-0.15, -0.1) is 10.2 Å². The number of anilines is 1. The lowest BCUT2D eigenvalue weighted by molar-refractivity contribution is -0.113. The van der Waals surface area contributed by atoms with Gasteiger partial charge in [0.15, 0.2) is 0 Å². The van der Waals surface area contributed by atoms with E-state index in [1.54, 1.807) is 0 Å². The highest BCUT2D eigenvalue weighted by atomic mass is 32.2. The number of hydrogen-bond acceptors (Lipinski definition) is 6. The second kappa shape index (κ2) is 8.73. The van der Waals surface area contributed by atoms with Crippen LogP contribution in [0.2, 0.25) is 0 Å². The fourth-order valence-electron chi connectivity index (χ4n) is 2.62. The SMILES string of the molecule is CCOc1ccc(-c2nnc(SCC(=O)Nc3cc(C)cc(C)c3)o2)cc1. The maximum Gasteiger partial charge on any atom is 0.277 e. The first kappa shape index (κ1) is 19.0. The highest BCUT2D eigenvalue weighted by Gasteiger charge is 2.12. The molecule has 2 aromatic carbocycles. The zero-order valence-electron chi connectivity index (χ0n) is 15.5. The normalized spacial score (nSPS) is 10.6. The van der Waals surface area contributed by atoms with Crippen LogP contribution in [0.1, 0.15) is 18.1 Å². The molecule has 3 rings (SSSR count). The number of nitrogens with one attached hydrogen (secondary N) is 1. The summed E-state index contributed by atoms with van der Waals surface area (Å²) in [4.78, 5) is 12.1. The maximum atomic E-state index is 12.1. The molecular weight excluding hydrogens is 362 g/mol. The van der Waals surface area contributed by atoms with Gasteiger partial charge in [-0.05, 0) is 68.3 Å². The molecule has 0 atom stereocenters. The van der Waals surface area contributed by atoms with Crippen molar-refractivity contribution in [1.29, 1.82) is 0 Å². The van der Waals surface area contributed by atoms with E-state index in [2.05, 4.69) is 21.6 Å². The van der Waals surface area contributed by atoms with Gasteiger partial charge < -0.3 is 14.5 Å². The number of nitrogens with zero attached hydrogens (tertiary/aromatic N) is 2. The zero-order valence-corrected chi connectivity index (χ0v) is 16.3. The van der Waals surface area contributed by atoms with Crippen LogP contribution in [0.4, 0.5) is 5.69 Å². The van der Waals surface area contributed by atoms with Crippen LogP contribution in [0.15, 0.2) is 52.1 Å². The summed E-state index contributed by atoms with van der Waals surface area (Å²) in [6.45, 7) is 6.55. The number of hydrogen-bond donors (Lipinski definition) is 1. The Morgan fingerprint density at radius 3 is 2.48 bits per heavy atom. The third-order valence-electron chi connectivity index (χ3n) is 3.65. The predicted octanol–water partition coefficient (Wildman–Crippen LogP) is 4.48. The summed E-state index contributed by atoms with van der Waals surface area (Å²) in [6, 6.07) is 13.4. The molecule has 0 fully saturated rings. The molecule has 1 amide bonds. The average molecular weight is 383 g/mol. The molecule has 140 valence electrons. The lowest BCUT2D eigenvalue weighted by Crippen LogP contribution is -2.14. The minimum absolute atomic E-state index is 0.120. The second-order valence-electron chi connectivity index (χ2n) is 6.04. The van der Waals surface area contributed by atoms with Gasteiger partial charge in [-0.25, -0.2) is 0 Å². The van der Waals surface area contributed by atoms with Crippen LogP contribution in [-0.2, 0) is 4.79 Å². The lowest BCUT2D eigenvalue weighted by atomic mass is 10.1. The Labute approximate surface area is 162 Å². The molecule has 0 radical (unpaired) electrons. The van der Waals surface area contributed by atoms with Crippen molar-refractivity contribution in [1.82, 2.24) is 10.2 Å². The van der Waals surface area contributed by atoms with E-state index in [0.717, 1.165) is 28.1 Å². The van der Waals surface area contributed by atoms with Gasteiger partial charge in [-0.2, -0.15) is 0 Å². The molecule has 0 aliphatic heterocycles. The van der Waals surface area contributed by atoms with Crippen molar-refractivity contribution in [3.63, 3.8) is 0 Å². The predicted molar refractivity (Wildman–Crippen MR) is 106 cm³/mol. The summed E-state index contributed by atoms with van der Waals surface area (Å²) in [5.41, 5.74) is 3.81. The molecule has 0 bridgehead atoms. The van der Waals surface area contributed by atoms with Crippen molar-refractivity contribution in [3.05, 3.63) is 53.6 Å². The van der Waals surface area contributed by atoms with Gasteiger partial charge in [0.2, 0.25) is 11.8 Å². The fraction of sp³-hybridized carbons (Fsp3) is 0.250. The Morgan fingerprint density at radius 1 is 1.11 bits per heavy atom. The molecule has 1 heterocycles. The molecule has 3 aromatic rings. The first-order valence-corrected chi connectivity index (χ1v) is 9.59. The molecular formula is C20H21N3O3S. The number of carbonyl (C=O) groups excluding carboxylic acids is 1. The topological polar surface area (TPSA) is 77.2 Å². The summed E-state index contributed by atoms with van der Waals surface area (Å²) in [5.74, 6) is 1.28. The molecule has 6 nitrogen and oxygen atoms in total. The molecule has 0 saturated heterocycles. The van der Waals surface area contributed by atoms with Crippen LogP contribution < -0.4 is 10.1 Å². The van der Waals surface area contributed by atoms with Crippen LogP contribution in [0.25, 0.3) is 11.5 Å². The molecule has 0 aliphatic rings. The van der Waals surface area contributed by atoms with E-state index in [1.807, 2.05) is 57.2 Å². The van der Waals surface area contributed by atoms with E-state index in [1.165, 1.54) is 11.8 Å². The number of aryl methyl sites for hydroxylation is 2. The molecule has 1 N–H and O–H groups in total. The summed E-state index contributed by atoms with van der Waals surface area (Å²) < 4.78 is 11.0. The van der Waals surface area contributed by atoms with Crippen LogP contribution >= 0.6 is 11.8 Å². The molecule has 1 aromatic heterocycles. The Balaban J connectivity index is 1.56. The van der Waals surface area contributed by atoms with Crippen LogP contribution in [0.3, 0.4) is 0 Å². The number of amides is 1. The third kappa shape index (κ3) is 5.34. The number of ether oxygens (including phenoxy) is 1. The van der Waals surface area contributed by atoms with E-state index in [9.17, 15) is 4.79 Å². The molecule has 7 heteroatoms. The number of aromatic nitrogens is 2. The van der Waals surface area contributed by atoms with Crippen molar-refractivity contribution in [2.24, 2.45) is 0 Å². The quantitative estimate of drug-likeness (QED) is 0.606. The Morgan fingerprint density at radius 2 is 1.81 bits per heavy atom. The van der Waals surface area contributed by atoms with Crippen molar-refractivity contribution in [2.45, 2.75) is 26.0 Å². The fourth-order valence-corrected chi connectivity index (χ4v) is 3.18. The standard InChI is InChI=1S/C20H21N3O3S/c1-4-25-17-7-5-15(6-8-17)19-22-23-20(26-19)27-12-18(24)21-16-10-13(2)9-14(3)11-16/h5-11H,4,12H2,1-3H3,(H,21,24). The van der Waals surface area contributed by atoms with E-state index < -0.39 is 0 Å². The molecule has 0 saturated carbocycles. The van der Waals surface area contributed by atoms with Crippen LogP contribution in [0, 0.1) is 13.8 Å². The lowest BCUT2D eigenvalue weighted by Gasteiger charge is -2.06. The molecule has 0 spiro atoms. The van der Waals surface area contributed by atoms with Gasteiger partial charge in [-0.1, -0.05) is 17.8 Å². The Kier molecular flexibility index (Phi) is 6.13. The van der Waals surface area contributed by atoms with Crippen LogP contribution in [-0.4, -0.2) is 28.5 Å². The van der Waals surface area contributed by atoms with Gasteiger partial charge in [0.05, 0.1) is 12.4 Å². The smallest absolute Gasteiger partial charge is 0.277 e. The van der Waals surface area contributed by atoms with Crippen molar-refractivity contribution in [3.8, 4) is 17.2 Å². The van der Waals surface area contributed by atoms with E-state index >= 15 is 0 Å². The molecule has 0 unspecified atom stereocenters. The number of thioether (sulfide) groups is 1. The van der Waals surface area contributed by atoms with Crippen molar-refractivity contribution < 1.29 is 13.9 Å². The zero-order chi connectivity index (χ0) is 19.2. The summed E-state index contributed by atoms with van der Waals surface area (Å²) in [6.07, 6.45) is 0. The highest BCUT2D eigenvalue weighted by Crippen LogP contribution is 2.25. The van der Waals surface area contributed by atoms with Crippen molar-refractivity contribution in [2.75, 3.05) is 17.7 Å². The second-order valence-corrected chi connectivity index (χ2v) is 6.97. The first-order chi connectivity index (χ1) is 13.0. The van der Waals surface area contributed by atoms with Crippen molar-refractivity contribution >= 4 is 23.4 Å². The van der Waals surface area contributed by atoms with E-state index in [4.69, 9.17) is 9.15 Å². The number of rotatable bonds is 7. The number of carbonyl (C=O) groups is 1. The van der Waals surface area contributed by atoms with Gasteiger partial charge in [0.25, 0.3) is 5.22 Å². The largest absolute Gasteiger partial charge is 0.494 e. The minimum atomic E-state index is -0.120. The van der Waals surface area contributed by atoms with Gasteiger partial charge in [0.1, 0.15) is 5.75 Å². The van der Waals surface area contributed by atoms with Crippen LogP contribution in [0.5, 0.6) is 5.75 Å². The third-order valence-corrected chi connectivity index (χ3v) is 4.47. The maximum absolute atomic E-state index is 12.1. The molecule has 27 heavy (non-hydrogen) atoms. The summed E-state index contributed by atoms with van der Waals surface area (Å²) in [7, 11) is 0. The van der Waals surface area contributed by atoms with E-state index in [-0.39, 0.29) is 11.7 Å². The Bertz CT molecular complexity index is 902. The van der Waals surface area contributed by atoms with E-state index in [0.29, 0.717) is 17.7 Å². The summed E-state index contributed by atoms with van der Waals surface area (Å²) >= 11 is 1.21. The number of benzene rings is 2. The first-order valence-electron chi connectivity index (χ1n) is 8.61. The van der Waals surface area contributed by atoms with Gasteiger partial charge >= 0.3 is 0 Å². The highest BCUT2D eigenvalue weighted by molar-refractivity contribution is 7.99. The molecule has 0 aliphatic carbocycles. The minimum Gasteiger partial charge on any atom is -0.494 e. The monoisotopic (exact) mass is 383 g/mol. The average Bonchev–Trinajstić information content (AvgIpc) is 3.09.